The number of nitrogens with zero attached hydrogens (tertiary/aromatic N) is 2. The highest BCUT2D eigenvalue weighted by molar-refractivity contribution is 5.92. The Morgan fingerprint density at radius 1 is 0.722 bits per heavy atom. The van der Waals surface area contributed by atoms with Crippen LogP contribution in [0.5, 0.6) is 0 Å². The van der Waals surface area contributed by atoms with Crippen LogP contribution < -0.4 is 0 Å². The predicted molar refractivity (Wildman–Crippen MR) is 134 cm³/mol. The quantitative estimate of drug-likeness (QED) is 0.596. The summed E-state index contributed by atoms with van der Waals surface area (Å²) >= 11 is 0. The lowest BCUT2D eigenvalue weighted by molar-refractivity contribution is -0.131. The first-order chi connectivity index (χ1) is 17.3. The Balaban J connectivity index is 0.000000201. The Morgan fingerprint density at radius 3 is 1.42 bits per heavy atom. The molecule has 2 amide bonds. The lowest BCUT2D eigenvalue weighted by atomic mass is 9.87. The minimum Gasteiger partial charge on any atom is -0.389 e. The van der Waals surface area contributed by atoms with Gasteiger partial charge in [0.15, 0.2) is 11.6 Å². The summed E-state index contributed by atoms with van der Waals surface area (Å²) in [7, 11) is 0. The van der Waals surface area contributed by atoms with E-state index in [0.29, 0.717) is 26.2 Å². The van der Waals surface area contributed by atoms with Gasteiger partial charge in [-0.1, -0.05) is 61.7 Å². The molecule has 2 aromatic rings. The summed E-state index contributed by atoms with van der Waals surface area (Å²) in [6, 6.07) is 15.0. The zero-order valence-electron chi connectivity index (χ0n) is 20.0. The molecule has 2 atom stereocenters. The fraction of sp³-hybridized carbons (Fsp3) is 0.286. The molecule has 4 rings (SSSR count). The summed E-state index contributed by atoms with van der Waals surface area (Å²) in [5.74, 6) is -1.79. The Labute approximate surface area is 210 Å². The normalized spacial score (nSPS) is 18.1. The summed E-state index contributed by atoms with van der Waals surface area (Å²) in [6.45, 7) is 7.48. The smallest absolute Gasteiger partial charge is 0.246 e. The van der Waals surface area contributed by atoms with Gasteiger partial charge in [0.1, 0.15) is 13.2 Å². The van der Waals surface area contributed by atoms with Crippen molar-refractivity contribution in [3.8, 4) is 0 Å². The summed E-state index contributed by atoms with van der Waals surface area (Å²) in [5.41, 5.74) is 3.71. The van der Waals surface area contributed by atoms with Gasteiger partial charge in [-0.05, 0) is 34.4 Å². The molecule has 2 aromatic carbocycles. The zero-order valence-corrected chi connectivity index (χ0v) is 20.0. The highest BCUT2D eigenvalue weighted by atomic mass is 16.3. The van der Waals surface area contributed by atoms with E-state index in [9.17, 15) is 19.2 Å². The molecule has 188 valence electrons. The molecule has 2 N–H and O–H groups in total. The van der Waals surface area contributed by atoms with E-state index >= 15 is 0 Å². The number of carbonyl (C=O) groups excluding carboxylic acids is 4. The maximum atomic E-state index is 11.8. The topological polar surface area (TPSA) is 115 Å². The van der Waals surface area contributed by atoms with E-state index in [1.165, 1.54) is 12.2 Å². The van der Waals surface area contributed by atoms with Crippen molar-refractivity contribution in [3.63, 3.8) is 0 Å². The third-order valence-electron chi connectivity index (χ3n) is 6.45. The average Bonchev–Trinajstić information content (AvgIpc) is 2.94. The van der Waals surface area contributed by atoms with Crippen molar-refractivity contribution in [2.75, 3.05) is 26.3 Å². The number of carbonyl (C=O) groups is 4. The molecule has 0 aromatic heterocycles. The van der Waals surface area contributed by atoms with Gasteiger partial charge in [-0.3, -0.25) is 19.2 Å². The van der Waals surface area contributed by atoms with Gasteiger partial charge in [-0.15, -0.1) is 0 Å². The third-order valence-corrected chi connectivity index (χ3v) is 6.45. The second-order valence-electron chi connectivity index (χ2n) is 8.60. The largest absolute Gasteiger partial charge is 0.389 e. The number of ketones is 2. The molecule has 0 radical (unpaired) electrons. The number of hydrogen-bond donors (Lipinski definition) is 2. The zero-order chi connectivity index (χ0) is 26.2. The van der Waals surface area contributed by atoms with Crippen LogP contribution in [0.15, 0.2) is 73.8 Å². The van der Waals surface area contributed by atoms with Crippen LogP contribution in [0.4, 0.5) is 0 Å². The average molecular weight is 491 g/mol. The Bertz CT molecular complexity index is 1080. The molecular formula is C28H30N2O6. The van der Waals surface area contributed by atoms with Crippen molar-refractivity contribution in [3.05, 3.63) is 96.1 Å². The summed E-state index contributed by atoms with van der Waals surface area (Å²) in [4.78, 5) is 50.0. The Morgan fingerprint density at radius 2 is 1.08 bits per heavy atom. The maximum absolute atomic E-state index is 11.8. The number of aliphatic hydroxyl groups is 2. The van der Waals surface area contributed by atoms with Crippen molar-refractivity contribution in [2.45, 2.75) is 24.9 Å². The number of aliphatic hydroxyl groups excluding tert-OH is 2. The first-order valence-electron chi connectivity index (χ1n) is 11.6. The maximum Gasteiger partial charge on any atom is 0.246 e. The van der Waals surface area contributed by atoms with Gasteiger partial charge in [-0.2, -0.15) is 0 Å². The standard InChI is InChI=1S/2C14H15NO3/c2*1-2-14(18)15-7-10-5-3-4-6-11(10)12(8-15)13(17)9-16/h2*2-6,12,16H,1,7-9H2/t2*12-/m10/s1. The molecular weight excluding hydrogens is 460 g/mol. The van der Waals surface area contributed by atoms with Crippen LogP contribution in [0.25, 0.3) is 0 Å². The van der Waals surface area contributed by atoms with Crippen LogP contribution in [0, 0.1) is 0 Å². The molecule has 0 fully saturated rings. The number of rotatable bonds is 6. The molecule has 0 aliphatic carbocycles. The van der Waals surface area contributed by atoms with Crippen LogP contribution in [0.3, 0.4) is 0 Å². The van der Waals surface area contributed by atoms with Gasteiger partial charge in [0.2, 0.25) is 11.8 Å². The van der Waals surface area contributed by atoms with Gasteiger partial charge < -0.3 is 20.0 Å². The van der Waals surface area contributed by atoms with Crippen LogP contribution >= 0.6 is 0 Å². The van der Waals surface area contributed by atoms with Crippen molar-refractivity contribution in [1.82, 2.24) is 9.80 Å². The molecule has 36 heavy (non-hydrogen) atoms. The van der Waals surface area contributed by atoms with Crippen molar-refractivity contribution in [2.24, 2.45) is 0 Å². The second-order valence-corrected chi connectivity index (χ2v) is 8.60. The molecule has 8 nitrogen and oxygen atoms in total. The number of benzene rings is 2. The Kier molecular flexibility index (Phi) is 9.05. The van der Waals surface area contributed by atoms with Crippen LogP contribution in [0.1, 0.15) is 34.1 Å². The number of fused-ring (bicyclic) bond motifs is 2. The van der Waals surface area contributed by atoms with Crippen molar-refractivity contribution < 1.29 is 29.4 Å². The van der Waals surface area contributed by atoms with E-state index in [-0.39, 0.29) is 23.4 Å². The lowest BCUT2D eigenvalue weighted by Gasteiger charge is -2.33. The van der Waals surface area contributed by atoms with E-state index in [1.54, 1.807) is 9.80 Å². The molecule has 0 saturated heterocycles. The van der Waals surface area contributed by atoms with Crippen LogP contribution in [-0.4, -0.2) is 69.7 Å². The molecule has 0 bridgehead atoms. The SMILES string of the molecule is C=CC(=O)N1Cc2ccccc2[C@@H](C(=O)CO)C1.C=CC(=O)N1Cc2ccccc2[C@H](C(=O)CO)C1. The molecule has 2 aliphatic rings. The molecule has 2 heterocycles. The monoisotopic (exact) mass is 490 g/mol. The van der Waals surface area contributed by atoms with Crippen molar-refractivity contribution in [1.29, 1.82) is 0 Å². The van der Waals surface area contributed by atoms with Gasteiger partial charge in [0.25, 0.3) is 0 Å². The van der Waals surface area contributed by atoms with Crippen LogP contribution in [0.2, 0.25) is 0 Å². The van der Waals surface area contributed by atoms with Gasteiger partial charge in [0.05, 0.1) is 11.8 Å². The first-order valence-corrected chi connectivity index (χ1v) is 11.6. The highest BCUT2D eigenvalue weighted by Gasteiger charge is 2.32. The summed E-state index contributed by atoms with van der Waals surface area (Å²) < 4.78 is 0. The van der Waals surface area contributed by atoms with Gasteiger partial charge in [-0.25, -0.2) is 0 Å². The minimum atomic E-state index is -0.505. The number of hydrogen-bond acceptors (Lipinski definition) is 6. The van der Waals surface area contributed by atoms with E-state index in [1.807, 2.05) is 48.5 Å². The lowest BCUT2D eigenvalue weighted by Crippen LogP contribution is -2.40. The van der Waals surface area contributed by atoms with E-state index < -0.39 is 25.0 Å². The molecule has 8 heteroatoms. The van der Waals surface area contributed by atoms with E-state index in [0.717, 1.165) is 22.3 Å². The second kappa shape index (κ2) is 12.2. The Hall–Kier alpha value is -3.88. The summed E-state index contributed by atoms with van der Waals surface area (Å²) in [6.07, 6.45) is 2.49. The highest BCUT2D eigenvalue weighted by Crippen LogP contribution is 2.30. The van der Waals surface area contributed by atoms with Gasteiger partial charge >= 0.3 is 0 Å². The fourth-order valence-electron chi connectivity index (χ4n) is 4.58. The van der Waals surface area contributed by atoms with Gasteiger partial charge in [0, 0.05) is 26.2 Å². The first kappa shape index (κ1) is 26.7. The number of amides is 2. The number of Topliss-reactive ketones (excluding diaryl/α,β-unsaturated/α-hetero) is 2. The van der Waals surface area contributed by atoms with E-state index in [4.69, 9.17) is 10.2 Å². The molecule has 0 unspecified atom stereocenters. The molecule has 0 saturated carbocycles. The molecule has 0 spiro atoms. The molecule has 2 aliphatic heterocycles. The predicted octanol–water partition coefficient (Wildman–Crippen LogP) is 1.72. The summed E-state index contributed by atoms with van der Waals surface area (Å²) in [5, 5.41) is 18.0. The third kappa shape index (κ3) is 5.84. The van der Waals surface area contributed by atoms with E-state index in [2.05, 4.69) is 13.2 Å². The van der Waals surface area contributed by atoms with Crippen molar-refractivity contribution >= 4 is 23.4 Å². The van der Waals surface area contributed by atoms with Crippen LogP contribution in [-0.2, 0) is 32.3 Å². The fourth-order valence-corrected chi connectivity index (χ4v) is 4.58. The minimum absolute atomic E-state index is 0.194.